The predicted octanol–water partition coefficient (Wildman–Crippen LogP) is 2.38. The first-order valence-electron chi connectivity index (χ1n) is 5.59. The van der Waals surface area contributed by atoms with Gasteiger partial charge in [-0.2, -0.15) is 0 Å². The second-order valence-electron chi connectivity index (χ2n) is 3.94. The first-order chi connectivity index (χ1) is 9.10. The third kappa shape index (κ3) is 3.30. The number of hydrazine groups is 1. The van der Waals surface area contributed by atoms with Gasteiger partial charge in [-0.05, 0) is 42.8 Å². The van der Waals surface area contributed by atoms with Gasteiger partial charge in [0, 0.05) is 4.88 Å². The number of thiophene rings is 1. The number of carbonyl (C=O) groups is 1. The molecule has 1 aromatic carbocycles. The number of benzene rings is 1. The molecule has 0 aliphatic heterocycles. The summed E-state index contributed by atoms with van der Waals surface area (Å²) in [6.45, 7) is 2.11. The van der Waals surface area contributed by atoms with Gasteiger partial charge in [-0.1, -0.05) is 0 Å². The van der Waals surface area contributed by atoms with Crippen LogP contribution in [0.1, 0.15) is 20.1 Å². The van der Waals surface area contributed by atoms with E-state index in [0.717, 1.165) is 10.4 Å². The lowest BCUT2D eigenvalue weighted by Crippen LogP contribution is -2.29. The molecule has 19 heavy (non-hydrogen) atoms. The Kier molecular flexibility index (Phi) is 4.13. The summed E-state index contributed by atoms with van der Waals surface area (Å²) in [6.07, 6.45) is 0. The van der Waals surface area contributed by atoms with Gasteiger partial charge < -0.3 is 4.74 Å². The number of nitrogens with two attached hydrogens (primary N) is 1. The van der Waals surface area contributed by atoms with Crippen molar-refractivity contribution in [3.63, 3.8) is 0 Å². The zero-order valence-electron chi connectivity index (χ0n) is 10.3. The van der Waals surface area contributed by atoms with E-state index in [4.69, 9.17) is 10.6 Å². The number of nitrogens with one attached hydrogen (secondary N) is 1. The van der Waals surface area contributed by atoms with Gasteiger partial charge in [0.2, 0.25) is 0 Å². The summed E-state index contributed by atoms with van der Waals surface area (Å²) in [4.78, 5) is 12.7. The molecule has 1 heterocycles. The monoisotopic (exact) mass is 280 g/mol. The zero-order valence-corrected chi connectivity index (χ0v) is 11.1. The van der Waals surface area contributed by atoms with E-state index in [1.54, 1.807) is 25.1 Å². The predicted molar refractivity (Wildman–Crippen MR) is 71.4 cm³/mol. The lowest BCUT2D eigenvalue weighted by Gasteiger charge is -2.07. The molecule has 0 saturated heterocycles. The average molecular weight is 280 g/mol. The number of amides is 1. The first-order valence-corrected chi connectivity index (χ1v) is 6.40. The Morgan fingerprint density at radius 2 is 2.21 bits per heavy atom. The zero-order chi connectivity index (χ0) is 13.8. The molecule has 2 rings (SSSR count). The van der Waals surface area contributed by atoms with Crippen LogP contribution in [0, 0.1) is 12.7 Å². The summed E-state index contributed by atoms with van der Waals surface area (Å²) in [5.74, 6) is 5.06. The molecule has 6 heteroatoms. The highest BCUT2D eigenvalue weighted by molar-refractivity contribution is 7.14. The summed E-state index contributed by atoms with van der Waals surface area (Å²) in [5, 5.41) is 0. The Morgan fingerprint density at radius 1 is 1.42 bits per heavy atom. The second kappa shape index (κ2) is 5.81. The van der Waals surface area contributed by atoms with Crippen molar-refractivity contribution < 1.29 is 13.9 Å². The molecule has 0 bridgehead atoms. The van der Waals surface area contributed by atoms with Crippen LogP contribution in [0.2, 0.25) is 0 Å². The maximum atomic E-state index is 12.9. The number of hydrogen-bond donors (Lipinski definition) is 2. The first kappa shape index (κ1) is 13.5. The van der Waals surface area contributed by atoms with E-state index in [0.29, 0.717) is 17.2 Å². The molecule has 0 radical (unpaired) electrons. The maximum absolute atomic E-state index is 12.9. The third-order valence-electron chi connectivity index (χ3n) is 2.52. The van der Waals surface area contributed by atoms with Crippen LogP contribution in [0.15, 0.2) is 30.3 Å². The Bertz CT molecular complexity index is 598. The molecular formula is C13H13FN2O2S. The van der Waals surface area contributed by atoms with Crippen LogP contribution in [-0.4, -0.2) is 5.91 Å². The molecule has 1 amide bonds. The minimum atomic E-state index is -0.325. The number of carbonyl (C=O) groups excluding carboxylic acids is 1. The summed E-state index contributed by atoms with van der Waals surface area (Å²) in [6, 6.07) is 7.84. The Hall–Kier alpha value is -1.92. The smallest absolute Gasteiger partial charge is 0.275 e. The van der Waals surface area contributed by atoms with Gasteiger partial charge in [-0.15, -0.1) is 11.3 Å². The van der Waals surface area contributed by atoms with Crippen LogP contribution in [-0.2, 0) is 6.61 Å². The number of aryl methyl sites for hydroxylation is 1. The van der Waals surface area contributed by atoms with Crippen LogP contribution >= 0.6 is 11.3 Å². The minimum absolute atomic E-state index is 0.289. The average Bonchev–Trinajstić information content (AvgIpc) is 2.85. The van der Waals surface area contributed by atoms with Crippen LogP contribution < -0.4 is 16.0 Å². The summed E-state index contributed by atoms with van der Waals surface area (Å²) < 4.78 is 18.5. The van der Waals surface area contributed by atoms with Crippen LogP contribution in [0.3, 0.4) is 0 Å². The van der Waals surface area contributed by atoms with Gasteiger partial charge in [0.25, 0.3) is 5.91 Å². The lowest BCUT2D eigenvalue weighted by molar-refractivity contribution is 0.0957. The van der Waals surface area contributed by atoms with E-state index in [-0.39, 0.29) is 11.7 Å². The summed E-state index contributed by atoms with van der Waals surface area (Å²) >= 11 is 1.30. The van der Waals surface area contributed by atoms with Gasteiger partial charge in [0.1, 0.15) is 18.2 Å². The van der Waals surface area contributed by atoms with Crippen molar-refractivity contribution >= 4 is 17.2 Å². The second-order valence-corrected chi connectivity index (χ2v) is 5.11. The van der Waals surface area contributed by atoms with Gasteiger partial charge in [0.05, 0.1) is 4.88 Å². The molecular weight excluding hydrogens is 267 g/mol. The normalized spacial score (nSPS) is 10.3. The molecule has 0 spiro atoms. The number of halogens is 1. The minimum Gasteiger partial charge on any atom is -0.488 e. The number of rotatable bonds is 4. The van der Waals surface area contributed by atoms with E-state index in [1.165, 1.54) is 23.5 Å². The number of nitrogen functional groups attached to an aromatic ring is 1. The van der Waals surface area contributed by atoms with E-state index < -0.39 is 0 Å². The highest BCUT2D eigenvalue weighted by Crippen LogP contribution is 2.22. The fourth-order valence-corrected chi connectivity index (χ4v) is 2.40. The molecule has 0 unspecified atom stereocenters. The van der Waals surface area contributed by atoms with E-state index >= 15 is 0 Å². The van der Waals surface area contributed by atoms with Gasteiger partial charge in [0.15, 0.2) is 0 Å². The van der Waals surface area contributed by atoms with Crippen molar-refractivity contribution in [1.29, 1.82) is 0 Å². The standard InChI is InChI=1S/C13H13FN2O2S/c1-8-6-9(14)2-4-11(8)18-7-10-3-5-12(19-10)13(17)16-15/h2-6H,7,15H2,1H3,(H,16,17). The molecule has 0 aliphatic carbocycles. The van der Waals surface area contributed by atoms with Crippen molar-refractivity contribution in [3.8, 4) is 5.75 Å². The molecule has 1 aromatic heterocycles. The quantitative estimate of drug-likeness (QED) is 0.513. The van der Waals surface area contributed by atoms with Gasteiger partial charge in [-0.25, -0.2) is 10.2 Å². The molecule has 4 nitrogen and oxygen atoms in total. The highest BCUT2D eigenvalue weighted by Gasteiger charge is 2.08. The molecule has 3 N–H and O–H groups in total. The summed E-state index contributed by atoms with van der Waals surface area (Å²) in [7, 11) is 0. The Morgan fingerprint density at radius 3 is 2.89 bits per heavy atom. The third-order valence-corrected chi connectivity index (χ3v) is 3.58. The fourth-order valence-electron chi connectivity index (χ4n) is 1.57. The van der Waals surface area contributed by atoms with E-state index in [1.807, 2.05) is 0 Å². The van der Waals surface area contributed by atoms with Crippen molar-refractivity contribution in [3.05, 3.63) is 51.5 Å². The largest absolute Gasteiger partial charge is 0.488 e. The Balaban J connectivity index is 2.02. The van der Waals surface area contributed by atoms with E-state index in [2.05, 4.69) is 5.43 Å². The molecule has 0 saturated carbocycles. The molecule has 0 aliphatic rings. The maximum Gasteiger partial charge on any atom is 0.275 e. The van der Waals surface area contributed by atoms with E-state index in [9.17, 15) is 9.18 Å². The lowest BCUT2D eigenvalue weighted by atomic mass is 10.2. The SMILES string of the molecule is Cc1cc(F)ccc1OCc1ccc(C(=O)NN)s1. The van der Waals surface area contributed by atoms with Crippen LogP contribution in [0.4, 0.5) is 4.39 Å². The number of ether oxygens (including phenoxy) is 1. The van der Waals surface area contributed by atoms with Crippen LogP contribution in [0.5, 0.6) is 5.75 Å². The van der Waals surface area contributed by atoms with Crippen LogP contribution in [0.25, 0.3) is 0 Å². The molecule has 0 fully saturated rings. The van der Waals surface area contributed by atoms with Gasteiger partial charge in [-0.3, -0.25) is 10.2 Å². The molecule has 2 aromatic rings. The van der Waals surface area contributed by atoms with Crippen molar-refractivity contribution in [1.82, 2.24) is 5.43 Å². The van der Waals surface area contributed by atoms with Crippen molar-refractivity contribution in [2.24, 2.45) is 5.84 Å². The van der Waals surface area contributed by atoms with Gasteiger partial charge >= 0.3 is 0 Å². The van der Waals surface area contributed by atoms with Crippen molar-refractivity contribution in [2.45, 2.75) is 13.5 Å². The summed E-state index contributed by atoms with van der Waals surface area (Å²) in [5.41, 5.74) is 2.81. The molecule has 100 valence electrons. The topological polar surface area (TPSA) is 64.3 Å². The number of hydrogen-bond acceptors (Lipinski definition) is 4. The molecule has 0 atom stereocenters. The fraction of sp³-hybridized carbons (Fsp3) is 0.154. The van der Waals surface area contributed by atoms with Crippen molar-refractivity contribution in [2.75, 3.05) is 0 Å². The Labute approximate surface area is 114 Å². The highest BCUT2D eigenvalue weighted by atomic mass is 32.1.